The summed E-state index contributed by atoms with van der Waals surface area (Å²) in [6, 6.07) is 5.56. The normalized spacial score (nSPS) is 27.9. The van der Waals surface area contributed by atoms with Crippen LogP contribution in [0.25, 0.3) is 16.9 Å². The highest BCUT2D eigenvalue weighted by Gasteiger charge is 2.49. The third-order valence-electron chi connectivity index (χ3n) is 6.52. The molecule has 3 atom stereocenters. The molecule has 1 aromatic carbocycles. The van der Waals surface area contributed by atoms with Crippen molar-refractivity contribution in [2.24, 2.45) is 0 Å². The fraction of sp³-hybridized carbons (Fsp3) is 0.476. The van der Waals surface area contributed by atoms with E-state index in [9.17, 15) is 5.11 Å². The lowest BCUT2D eigenvalue weighted by Gasteiger charge is -2.45. The molecule has 1 unspecified atom stereocenters. The molecule has 2 N–H and O–H groups in total. The van der Waals surface area contributed by atoms with Crippen molar-refractivity contribution in [1.29, 1.82) is 0 Å². The van der Waals surface area contributed by atoms with Crippen molar-refractivity contribution in [2.75, 3.05) is 11.9 Å². The summed E-state index contributed by atoms with van der Waals surface area (Å²) in [5.41, 5.74) is 2.11. The van der Waals surface area contributed by atoms with Gasteiger partial charge in [0.1, 0.15) is 11.4 Å². The maximum atomic E-state index is 10.5. The van der Waals surface area contributed by atoms with Crippen molar-refractivity contribution in [3.8, 4) is 22.7 Å². The average Bonchev–Trinajstić information content (AvgIpc) is 3.33. The third-order valence-corrected chi connectivity index (χ3v) is 6.52. The molecule has 5 rings (SSSR count). The van der Waals surface area contributed by atoms with Crippen LogP contribution >= 0.6 is 0 Å². The van der Waals surface area contributed by atoms with E-state index in [0.29, 0.717) is 28.9 Å². The maximum Gasteiger partial charge on any atom is 0.245 e. The van der Waals surface area contributed by atoms with Crippen LogP contribution in [0.3, 0.4) is 0 Å². The monoisotopic (exact) mass is 406 g/mol. The Morgan fingerprint density at radius 2 is 1.80 bits per heavy atom. The summed E-state index contributed by atoms with van der Waals surface area (Å²) in [7, 11) is 2.04. The zero-order valence-electron chi connectivity index (χ0n) is 17.4. The largest absolute Gasteiger partial charge is 0.507 e. The van der Waals surface area contributed by atoms with E-state index < -0.39 is 0 Å². The first-order valence-electron chi connectivity index (χ1n) is 10.3. The highest BCUT2D eigenvalue weighted by molar-refractivity contribution is 5.67. The quantitative estimate of drug-likeness (QED) is 0.680. The van der Waals surface area contributed by atoms with Crippen LogP contribution in [0.4, 0.5) is 5.95 Å². The van der Waals surface area contributed by atoms with Gasteiger partial charge < -0.3 is 15.3 Å². The first-order valence-corrected chi connectivity index (χ1v) is 10.3. The number of nitrogens with zero attached hydrogens (tertiary/aromatic N) is 7. The van der Waals surface area contributed by atoms with Crippen LogP contribution in [0.15, 0.2) is 36.8 Å². The number of benzene rings is 1. The second-order valence-corrected chi connectivity index (χ2v) is 9.08. The number of hydrogen-bond donors (Lipinski definition) is 2. The fourth-order valence-electron chi connectivity index (χ4n) is 5.03. The maximum absolute atomic E-state index is 10.5. The van der Waals surface area contributed by atoms with Gasteiger partial charge in [-0.1, -0.05) is 0 Å². The van der Waals surface area contributed by atoms with E-state index in [0.717, 1.165) is 12.8 Å². The molecule has 2 fully saturated rings. The lowest BCUT2D eigenvalue weighted by molar-refractivity contribution is 0.207. The highest BCUT2D eigenvalue weighted by atomic mass is 16.3. The number of aromatic nitrogens is 6. The van der Waals surface area contributed by atoms with Crippen molar-refractivity contribution < 1.29 is 5.11 Å². The van der Waals surface area contributed by atoms with Gasteiger partial charge in [0.15, 0.2) is 0 Å². The molecule has 2 aliphatic heterocycles. The van der Waals surface area contributed by atoms with Gasteiger partial charge in [0.2, 0.25) is 5.95 Å². The van der Waals surface area contributed by atoms with E-state index in [-0.39, 0.29) is 16.8 Å². The van der Waals surface area contributed by atoms with Crippen LogP contribution < -0.4 is 10.2 Å². The van der Waals surface area contributed by atoms with Crippen LogP contribution in [0.2, 0.25) is 0 Å². The summed E-state index contributed by atoms with van der Waals surface area (Å²) in [6.45, 7) is 4.62. The molecule has 2 bridgehead atoms. The molecule has 156 valence electrons. The fourth-order valence-corrected chi connectivity index (χ4v) is 5.03. The Balaban J connectivity index is 1.36. The van der Waals surface area contributed by atoms with E-state index in [2.05, 4.69) is 49.4 Å². The Bertz CT molecular complexity index is 1040. The smallest absolute Gasteiger partial charge is 0.245 e. The van der Waals surface area contributed by atoms with Crippen LogP contribution in [0, 0.1) is 0 Å². The van der Waals surface area contributed by atoms with Gasteiger partial charge in [-0.2, -0.15) is 15.0 Å². The molecule has 4 heterocycles. The SMILES string of the molecule is CN(c1ncc(-c2ccc(-n3nccn3)cc2O)nn1)C1C[C@]2(C)CC[C@](C)(C1)N2. The topological polar surface area (TPSA) is 105 Å². The highest BCUT2D eigenvalue weighted by Crippen LogP contribution is 2.43. The number of aromatic hydroxyl groups is 1. The first kappa shape index (κ1) is 18.9. The Kier molecular flexibility index (Phi) is 4.25. The molecule has 9 heteroatoms. The van der Waals surface area contributed by atoms with Crippen molar-refractivity contribution in [3.05, 3.63) is 36.8 Å². The molecular weight excluding hydrogens is 380 g/mol. The van der Waals surface area contributed by atoms with Crippen LogP contribution in [-0.2, 0) is 0 Å². The van der Waals surface area contributed by atoms with E-state index in [1.54, 1.807) is 30.7 Å². The van der Waals surface area contributed by atoms with Crippen LogP contribution in [-0.4, -0.2) is 59.4 Å². The third kappa shape index (κ3) is 3.28. The molecule has 0 aliphatic carbocycles. The minimum absolute atomic E-state index is 0.0813. The molecule has 0 radical (unpaired) electrons. The lowest BCUT2D eigenvalue weighted by atomic mass is 9.84. The summed E-state index contributed by atoms with van der Waals surface area (Å²) in [5.74, 6) is 0.687. The molecule has 0 amide bonds. The second kappa shape index (κ2) is 6.73. The molecule has 3 aromatic rings. The van der Waals surface area contributed by atoms with Gasteiger partial charge in [-0.15, -0.1) is 10.2 Å². The summed E-state index contributed by atoms with van der Waals surface area (Å²) in [6.07, 6.45) is 9.37. The lowest BCUT2D eigenvalue weighted by Crippen LogP contribution is -2.58. The number of anilines is 1. The van der Waals surface area contributed by atoms with E-state index >= 15 is 0 Å². The van der Waals surface area contributed by atoms with Gasteiger partial charge in [-0.25, -0.2) is 4.98 Å². The number of phenolic OH excluding ortho intramolecular Hbond substituents is 1. The van der Waals surface area contributed by atoms with Crippen molar-refractivity contribution >= 4 is 5.95 Å². The predicted molar refractivity (Wildman–Crippen MR) is 112 cm³/mol. The second-order valence-electron chi connectivity index (χ2n) is 9.08. The number of rotatable bonds is 4. The standard InChI is InChI=1S/C21H26N8O/c1-20-6-7-21(2,27-20)12-15(11-20)28(3)19-22-13-17(25-26-19)16-5-4-14(10-18(16)30)29-23-8-9-24-29/h4-5,8-10,13,15,27,30H,6-7,11-12H2,1-3H3/t15?,20-,21+. The van der Waals surface area contributed by atoms with Gasteiger partial charge in [0, 0.05) is 35.8 Å². The van der Waals surface area contributed by atoms with Gasteiger partial charge in [-0.3, -0.25) is 0 Å². The number of piperidine rings is 1. The number of fused-ring (bicyclic) bond motifs is 2. The Morgan fingerprint density at radius 3 is 2.40 bits per heavy atom. The summed E-state index contributed by atoms with van der Waals surface area (Å²) >= 11 is 0. The molecule has 30 heavy (non-hydrogen) atoms. The molecule has 0 saturated carbocycles. The number of hydrogen-bond acceptors (Lipinski definition) is 8. The predicted octanol–water partition coefficient (Wildman–Crippen LogP) is 2.32. The van der Waals surface area contributed by atoms with Gasteiger partial charge in [0.25, 0.3) is 0 Å². The van der Waals surface area contributed by atoms with E-state index in [1.165, 1.54) is 17.6 Å². The molecular formula is C21H26N8O. The average molecular weight is 406 g/mol. The number of phenols is 1. The Morgan fingerprint density at radius 1 is 1.10 bits per heavy atom. The van der Waals surface area contributed by atoms with Gasteiger partial charge >= 0.3 is 0 Å². The van der Waals surface area contributed by atoms with Gasteiger partial charge in [0.05, 0.1) is 24.3 Å². The summed E-state index contributed by atoms with van der Waals surface area (Å²) < 4.78 is 0. The van der Waals surface area contributed by atoms with Crippen molar-refractivity contribution in [2.45, 2.75) is 56.7 Å². The van der Waals surface area contributed by atoms with Gasteiger partial charge in [-0.05, 0) is 51.7 Å². The van der Waals surface area contributed by atoms with E-state index in [1.807, 2.05) is 13.1 Å². The molecule has 2 aliphatic rings. The summed E-state index contributed by atoms with van der Waals surface area (Å²) in [4.78, 5) is 8.14. The molecule has 0 spiro atoms. The van der Waals surface area contributed by atoms with Crippen LogP contribution in [0.1, 0.15) is 39.5 Å². The first-order chi connectivity index (χ1) is 14.3. The Hall–Kier alpha value is -3.07. The van der Waals surface area contributed by atoms with Crippen LogP contribution in [0.5, 0.6) is 5.75 Å². The van der Waals surface area contributed by atoms with Crippen molar-refractivity contribution in [1.82, 2.24) is 35.5 Å². The van der Waals surface area contributed by atoms with E-state index in [4.69, 9.17) is 0 Å². The Labute approximate surface area is 175 Å². The molecule has 2 saturated heterocycles. The zero-order valence-corrected chi connectivity index (χ0v) is 17.4. The zero-order chi connectivity index (χ0) is 20.9. The summed E-state index contributed by atoms with van der Waals surface area (Å²) in [5, 5.41) is 31.1. The number of nitrogens with one attached hydrogen (secondary N) is 1. The van der Waals surface area contributed by atoms with Crippen molar-refractivity contribution in [3.63, 3.8) is 0 Å². The molecule has 9 nitrogen and oxygen atoms in total. The minimum atomic E-state index is 0.0813. The molecule has 2 aromatic heterocycles. The minimum Gasteiger partial charge on any atom is -0.507 e.